The molecular weight excluding hydrogens is 234 g/mol. The highest BCUT2D eigenvalue weighted by Gasteiger charge is 2.26. The van der Waals surface area contributed by atoms with Crippen LogP contribution in [0.5, 0.6) is 17.2 Å². The van der Waals surface area contributed by atoms with Gasteiger partial charge in [0, 0.05) is 5.56 Å². The molecule has 5 heteroatoms. The number of hydrogen-bond donors (Lipinski definition) is 1. The zero-order valence-electron chi connectivity index (χ0n) is 11.4. The first-order valence-electron chi connectivity index (χ1n) is 5.48. The Morgan fingerprint density at radius 1 is 1.06 bits per heavy atom. The Hall–Kier alpha value is -1.75. The van der Waals surface area contributed by atoms with E-state index in [1.165, 1.54) is 21.3 Å². The quantitative estimate of drug-likeness (QED) is 0.808. The minimum atomic E-state index is -0.954. The molecule has 0 bridgehead atoms. The third kappa shape index (κ3) is 2.73. The second-order valence-electron chi connectivity index (χ2n) is 4.46. The van der Waals surface area contributed by atoms with E-state index in [-0.39, 0.29) is 5.78 Å². The lowest BCUT2D eigenvalue weighted by atomic mass is 9.94. The van der Waals surface area contributed by atoms with Crippen LogP contribution in [0.4, 0.5) is 0 Å². The molecule has 5 nitrogen and oxygen atoms in total. The van der Waals surface area contributed by atoms with Crippen molar-refractivity contribution in [1.29, 1.82) is 0 Å². The summed E-state index contributed by atoms with van der Waals surface area (Å²) in [6.45, 7) is 3.30. The van der Waals surface area contributed by atoms with Crippen molar-refractivity contribution in [3.63, 3.8) is 0 Å². The minimum Gasteiger partial charge on any atom is -0.493 e. The summed E-state index contributed by atoms with van der Waals surface area (Å²) in [6.07, 6.45) is 0. The molecule has 0 aromatic heterocycles. The van der Waals surface area contributed by atoms with Gasteiger partial charge in [-0.05, 0) is 26.0 Å². The zero-order valence-corrected chi connectivity index (χ0v) is 11.4. The Morgan fingerprint density at radius 2 is 1.50 bits per heavy atom. The van der Waals surface area contributed by atoms with Gasteiger partial charge in [0.25, 0.3) is 0 Å². The highest BCUT2D eigenvalue weighted by Crippen LogP contribution is 2.38. The summed E-state index contributed by atoms with van der Waals surface area (Å²) in [5, 5.41) is 0. The van der Waals surface area contributed by atoms with Gasteiger partial charge in [0.2, 0.25) is 5.75 Å². The van der Waals surface area contributed by atoms with Gasteiger partial charge in [0.1, 0.15) is 0 Å². The highest BCUT2D eigenvalue weighted by molar-refractivity contribution is 6.03. The maximum absolute atomic E-state index is 12.1. The number of methoxy groups -OCH3 is 3. The summed E-state index contributed by atoms with van der Waals surface area (Å²) in [4.78, 5) is 12.1. The van der Waals surface area contributed by atoms with Crippen LogP contribution in [-0.2, 0) is 0 Å². The molecule has 0 saturated carbocycles. The lowest BCUT2D eigenvalue weighted by Crippen LogP contribution is -2.41. The predicted molar refractivity (Wildman–Crippen MR) is 68.7 cm³/mol. The highest BCUT2D eigenvalue weighted by atomic mass is 16.5. The Bertz CT molecular complexity index is 424. The molecule has 0 spiro atoms. The van der Waals surface area contributed by atoms with Crippen molar-refractivity contribution >= 4 is 5.78 Å². The third-order valence-corrected chi connectivity index (χ3v) is 2.51. The number of hydrogen-bond acceptors (Lipinski definition) is 5. The van der Waals surface area contributed by atoms with E-state index >= 15 is 0 Å². The van der Waals surface area contributed by atoms with E-state index in [0.29, 0.717) is 22.8 Å². The topological polar surface area (TPSA) is 70.8 Å². The van der Waals surface area contributed by atoms with Gasteiger partial charge in [-0.2, -0.15) is 0 Å². The van der Waals surface area contributed by atoms with Crippen LogP contribution < -0.4 is 19.9 Å². The molecule has 0 fully saturated rings. The summed E-state index contributed by atoms with van der Waals surface area (Å²) >= 11 is 0. The molecule has 18 heavy (non-hydrogen) atoms. The van der Waals surface area contributed by atoms with Gasteiger partial charge in [-0.3, -0.25) is 4.79 Å². The van der Waals surface area contributed by atoms with E-state index < -0.39 is 5.54 Å². The van der Waals surface area contributed by atoms with E-state index in [1.54, 1.807) is 26.0 Å². The fourth-order valence-corrected chi connectivity index (χ4v) is 1.58. The molecule has 1 rings (SSSR count). The smallest absolute Gasteiger partial charge is 0.203 e. The Kier molecular flexibility index (Phi) is 4.19. The van der Waals surface area contributed by atoms with Crippen molar-refractivity contribution in [3.05, 3.63) is 17.7 Å². The molecule has 1 aromatic carbocycles. The van der Waals surface area contributed by atoms with Crippen LogP contribution in [0, 0.1) is 0 Å². The molecule has 0 heterocycles. The van der Waals surface area contributed by atoms with E-state index in [9.17, 15) is 4.79 Å². The van der Waals surface area contributed by atoms with Crippen LogP contribution >= 0.6 is 0 Å². The second-order valence-corrected chi connectivity index (χ2v) is 4.46. The monoisotopic (exact) mass is 253 g/mol. The number of carbonyl (C=O) groups excluding carboxylic acids is 1. The van der Waals surface area contributed by atoms with Crippen molar-refractivity contribution in [2.24, 2.45) is 5.73 Å². The molecule has 0 amide bonds. The van der Waals surface area contributed by atoms with E-state index in [0.717, 1.165) is 0 Å². The van der Waals surface area contributed by atoms with Crippen LogP contribution in [0.1, 0.15) is 24.2 Å². The van der Waals surface area contributed by atoms with Gasteiger partial charge >= 0.3 is 0 Å². The number of Topliss-reactive ketones (excluding diaryl/α,β-unsaturated/α-hetero) is 1. The van der Waals surface area contributed by atoms with E-state index in [4.69, 9.17) is 19.9 Å². The number of rotatable bonds is 5. The summed E-state index contributed by atoms with van der Waals surface area (Å²) in [5.74, 6) is 1.13. The Balaban J connectivity index is 3.36. The number of benzene rings is 1. The van der Waals surface area contributed by atoms with Gasteiger partial charge < -0.3 is 19.9 Å². The third-order valence-electron chi connectivity index (χ3n) is 2.51. The van der Waals surface area contributed by atoms with E-state index in [2.05, 4.69) is 0 Å². The van der Waals surface area contributed by atoms with Crippen molar-refractivity contribution in [2.45, 2.75) is 19.4 Å². The minimum absolute atomic E-state index is 0.193. The molecule has 0 aliphatic carbocycles. The van der Waals surface area contributed by atoms with Crippen molar-refractivity contribution in [1.82, 2.24) is 0 Å². The lowest BCUT2D eigenvalue weighted by Gasteiger charge is -2.19. The van der Waals surface area contributed by atoms with Crippen molar-refractivity contribution in [3.8, 4) is 17.2 Å². The first kappa shape index (κ1) is 14.3. The molecule has 0 saturated heterocycles. The molecule has 0 atom stereocenters. The largest absolute Gasteiger partial charge is 0.493 e. The first-order chi connectivity index (χ1) is 8.35. The summed E-state index contributed by atoms with van der Waals surface area (Å²) in [6, 6.07) is 3.19. The first-order valence-corrected chi connectivity index (χ1v) is 5.48. The summed E-state index contributed by atoms with van der Waals surface area (Å²) in [7, 11) is 4.51. The van der Waals surface area contributed by atoms with Crippen LogP contribution in [0.2, 0.25) is 0 Å². The summed E-state index contributed by atoms with van der Waals surface area (Å²) < 4.78 is 15.6. The number of ketones is 1. The normalized spacial score (nSPS) is 11.0. The van der Waals surface area contributed by atoms with Gasteiger partial charge in [-0.15, -0.1) is 0 Å². The summed E-state index contributed by atoms with van der Waals surface area (Å²) in [5.41, 5.74) is 5.28. The SMILES string of the molecule is COc1cc(C(=O)C(C)(C)N)cc(OC)c1OC. The van der Waals surface area contributed by atoms with Crippen molar-refractivity contribution in [2.75, 3.05) is 21.3 Å². The van der Waals surface area contributed by atoms with E-state index in [1.807, 2.05) is 0 Å². The molecule has 0 aliphatic rings. The average molecular weight is 253 g/mol. The number of nitrogens with two attached hydrogens (primary N) is 1. The van der Waals surface area contributed by atoms with Gasteiger partial charge in [-0.25, -0.2) is 0 Å². The van der Waals surface area contributed by atoms with Gasteiger partial charge in [0.05, 0.1) is 26.9 Å². The van der Waals surface area contributed by atoms with Gasteiger partial charge in [-0.1, -0.05) is 0 Å². The molecule has 0 aliphatic heterocycles. The molecule has 2 N–H and O–H groups in total. The standard InChI is InChI=1S/C13H19NO4/c1-13(2,14)12(15)8-6-9(16-3)11(18-5)10(7-8)17-4/h6-7H,14H2,1-5H3. The molecule has 1 aromatic rings. The van der Waals surface area contributed by atoms with Crippen molar-refractivity contribution < 1.29 is 19.0 Å². The lowest BCUT2D eigenvalue weighted by molar-refractivity contribution is 0.0912. The molecule has 100 valence electrons. The Morgan fingerprint density at radius 3 is 1.78 bits per heavy atom. The molecular formula is C13H19NO4. The maximum atomic E-state index is 12.1. The predicted octanol–water partition coefficient (Wildman–Crippen LogP) is 1.63. The van der Waals surface area contributed by atoms with Crippen LogP contribution in [0.3, 0.4) is 0 Å². The average Bonchev–Trinajstić information content (AvgIpc) is 2.34. The Labute approximate surface area is 107 Å². The van der Waals surface area contributed by atoms with Gasteiger partial charge in [0.15, 0.2) is 17.3 Å². The molecule has 0 unspecified atom stereocenters. The van der Waals surface area contributed by atoms with Crippen LogP contribution in [0.15, 0.2) is 12.1 Å². The fraction of sp³-hybridized carbons (Fsp3) is 0.462. The second kappa shape index (κ2) is 5.27. The number of ether oxygens (including phenoxy) is 3. The maximum Gasteiger partial charge on any atom is 0.203 e. The van der Waals surface area contributed by atoms with Crippen LogP contribution in [-0.4, -0.2) is 32.7 Å². The van der Waals surface area contributed by atoms with Crippen LogP contribution in [0.25, 0.3) is 0 Å². The fourth-order valence-electron chi connectivity index (χ4n) is 1.58. The zero-order chi connectivity index (χ0) is 13.9. The number of carbonyl (C=O) groups is 1. The molecule has 0 radical (unpaired) electrons.